The molecule has 0 amide bonds. The first-order valence-corrected chi connectivity index (χ1v) is 4.79. The van der Waals surface area contributed by atoms with E-state index in [-0.39, 0.29) is 12.7 Å². The summed E-state index contributed by atoms with van der Waals surface area (Å²) >= 11 is 0. The normalized spacial score (nSPS) is 47.1. The lowest BCUT2D eigenvalue weighted by molar-refractivity contribution is -0.158. The molecule has 2 N–H and O–H groups in total. The van der Waals surface area contributed by atoms with Crippen LogP contribution < -0.4 is 0 Å². The Morgan fingerprint density at radius 2 is 1.93 bits per heavy atom. The average Bonchev–Trinajstić information content (AvgIpc) is 2.59. The van der Waals surface area contributed by atoms with Gasteiger partial charge in [-0.1, -0.05) is 0 Å². The lowest BCUT2D eigenvalue weighted by Crippen LogP contribution is -2.40. The van der Waals surface area contributed by atoms with E-state index in [1.54, 1.807) is 0 Å². The molecule has 2 aliphatic heterocycles. The summed E-state index contributed by atoms with van der Waals surface area (Å²) in [6.45, 7) is 4.17. The van der Waals surface area contributed by atoms with Crippen LogP contribution in [0.15, 0.2) is 0 Å². The van der Waals surface area contributed by atoms with E-state index in [1.807, 2.05) is 13.8 Å². The van der Waals surface area contributed by atoms with Gasteiger partial charge in [0.05, 0.1) is 13.2 Å². The van der Waals surface area contributed by atoms with Crippen LogP contribution in [0.2, 0.25) is 0 Å². The Balaban J connectivity index is 1.97. The van der Waals surface area contributed by atoms with Gasteiger partial charge < -0.3 is 24.4 Å². The Morgan fingerprint density at radius 3 is 2.36 bits per heavy atom. The monoisotopic (exact) mass is 204 g/mol. The summed E-state index contributed by atoms with van der Waals surface area (Å²) in [5.74, 6) is -0.624. The highest BCUT2D eigenvalue weighted by atomic mass is 16.8. The number of ether oxygens (including phenoxy) is 3. The number of rotatable bonds is 1. The third-order valence-electron chi connectivity index (χ3n) is 2.59. The van der Waals surface area contributed by atoms with Crippen LogP contribution in [-0.4, -0.2) is 53.6 Å². The van der Waals surface area contributed by atoms with Crippen molar-refractivity contribution in [1.29, 1.82) is 0 Å². The third kappa shape index (κ3) is 1.78. The number of hydrogen-bond acceptors (Lipinski definition) is 5. The van der Waals surface area contributed by atoms with Gasteiger partial charge in [-0.15, -0.1) is 0 Å². The van der Waals surface area contributed by atoms with Crippen molar-refractivity contribution < 1.29 is 24.4 Å². The van der Waals surface area contributed by atoms with Crippen molar-refractivity contribution >= 4 is 0 Å². The summed E-state index contributed by atoms with van der Waals surface area (Å²) < 4.78 is 16.1. The Kier molecular flexibility index (Phi) is 2.53. The van der Waals surface area contributed by atoms with E-state index >= 15 is 0 Å². The van der Waals surface area contributed by atoms with Gasteiger partial charge in [-0.3, -0.25) is 0 Å². The van der Waals surface area contributed by atoms with Gasteiger partial charge in [-0.05, 0) is 13.8 Å². The summed E-state index contributed by atoms with van der Waals surface area (Å²) in [7, 11) is 0. The maximum atomic E-state index is 9.58. The molecule has 0 aromatic rings. The van der Waals surface area contributed by atoms with Gasteiger partial charge in [0.2, 0.25) is 0 Å². The highest BCUT2D eigenvalue weighted by Gasteiger charge is 2.46. The molecule has 0 spiro atoms. The van der Waals surface area contributed by atoms with Crippen LogP contribution in [0.3, 0.4) is 0 Å². The summed E-state index contributed by atoms with van der Waals surface area (Å²) in [4.78, 5) is 0. The van der Waals surface area contributed by atoms with Gasteiger partial charge >= 0.3 is 0 Å². The Hall–Kier alpha value is -0.200. The largest absolute Gasteiger partial charge is 0.388 e. The molecule has 14 heavy (non-hydrogen) atoms. The zero-order chi connectivity index (χ0) is 10.3. The summed E-state index contributed by atoms with van der Waals surface area (Å²) in [5.41, 5.74) is 0. The van der Waals surface area contributed by atoms with Gasteiger partial charge in [-0.2, -0.15) is 0 Å². The predicted molar refractivity (Wildman–Crippen MR) is 46.7 cm³/mol. The molecule has 5 heteroatoms. The molecule has 4 atom stereocenters. The summed E-state index contributed by atoms with van der Waals surface area (Å²) in [6.07, 6.45) is -2.46. The van der Waals surface area contributed by atoms with E-state index < -0.39 is 24.1 Å². The smallest absolute Gasteiger partial charge is 0.163 e. The fraction of sp³-hybridized carbons (Fsp3) is 1.00. The van der Waals surface area contributed by atoms with E-state index in [0.717, 1.165) is 0 Å². The van der Waals surface area contributed by atoms with Crippen molar-refractivity contribution in [3.05, 3.63) is 0 Å². The molecule has 2 aliphatic rings. The quantitative estimate of drug-likeness (QED) is 0.588. The van der Waals surface area contributed by atoms with Gasteiger partial charge in [0.15, 0.2) is 5.79 Å². The summed E-state index contributed by atoms with van der Waals surface area (Å²) in [6, 6.07) is 0. The van der Waals surface area contributed by atoms with E-state index in [0.29, 0.717) is 6.61 Å². The Morgan fingerprint density at radius 1 is 1.21 bits per heavy atom. The Labute approximate surface area is 82.6 Å². The maximum absolute atomic E-state index is 9.58. The first-order valence-electron chi connectivity index (χ1n) is 4.79. The minimum Gasteiger partial charge on any atom is -0.388 e. The van der Waals surface area contributed by atoms with E-state index in [1.165, 1.54) is 0 Å². The molecule has 2 fully saturated rings. The molecule has 0 saturated carbocycles. The van der Waals surface area contributed by atoms with Crippen LogP contribution in [0, 0.1) is 0 Å². The van der Waals surface area contributed by atoms with Crippen molar-refractivity contribution in [2.24, 2.45) is 0 Å². The van der Waals surface area contributed by atoms with Crippen LogP contribution in [-0.2, 0) is 14.2 Å². The van der Waals surface area contributed by atoms with Crippen LogP contribution in [0.1, 0.15) is 13.8 Å². The average molecular weight is 204 g/mol. The first-order chi connectivity index (χ1) is 6.49. The van der Waals surface area contributed by atoms with Crippen LogP contribution in [0.4, 0.5) is 0 Å². The molecule has 5 nitrogen and oxygen atoms in total. The topological polar surface area (TPSA) is 68.2 Å². The van der Waals surface area contributed by atoms with Gasteiger partial charge in [0, 0.05) is 0 Å². The molecule has 2 heterocycles. The maximum Gasteiger partial charge on any atom is 0.163 e. The fourth-order valence-corrected chi connectivity index (χ4v) is 1.83. The minimum atomic E-state index is -0.877. The second-order valence-electron chi connectivity index (χ2n) is 4.22. The molecule has 0 aliphatic carbocycles. The number of aliphatic hydroxyl groups is 2. The lowest BCUT2D eigenvalue weighted by atomic mass is 10.1. The molecule has 0 aromatic heterocycles. The standard InChI is InChI=1S/C9H16O5/c1-9(2)13-4-6(14-9)8-7(11)5(10)3-12-8/h5-8,10-11H,3-4H2,1-2H3/t5-,6+,7+,8-/m0/s1. The number of aliphatic hydroxyl groups excluding tert-OH is 2. The second kappa shape index (κ2) is 3.43. The van der Waals surface area contributed by atoms with Gasteiger partial charge in [0.1, 0.15) is 24.4 Å². The lowest BCUT2D eigenvalue weighted by Gasteiger charge is -2.22. The van der Waals surface area contributed by atoms with Crippen molar-refractivity contribution in [1.82, 2.24) is 0 Å². The molecule has 0 radical (unpaired) electrons. The predicted octanol–water partition coefficient (Wildman–Crippen LogP) is -0.742. The summed E-state index contributed by atoms with van der Waals surface area (Å²) in [5, 5.41) is 18.9. The molecule has 0 unspecified atom stereocenters. The van der Waals surface area contributed by atoms with Gasteiger partial charge in [-0.25, -0.2) is 0 Å². The first kappa shape index (κ1) is 10.3. The van der Waals surface area contributed by atoms with Crippen LogP contribution in [0.25, 0.3) is 0 Å². The molecule has 82 valence electrons. The fourth-order valence-electron chi connectivity index (χ4n) is 1.83. The van der Waals surface area contributed by atoms with Crippen LogP contribution >= 0.6 is 0 Å². The van der Waals surface area contributed by atoms with Gasteiger partial charge in [0.25, 0.3) is 0 Å². The molecule has 0 aromatic carbocycles. The van der Waals surface area contributed by atoms with Crippen molar-refractivity contribution in [2.45, 2.75) is 44.1 Å². The second-order valence-corrected chi connectivity index (χ2v) is 4.22. The number of hydrogen-bond donors (Lipinski definition) is 2. The third-order valence-corrected chi connectivity index (χ3v) is 2.59. The minimum absolute atomic E-state index is 0.159. The van der Waals surface area contributed by atoms with Crippen molar-refractivity contribution in [3.63, 3.8) is 0 Å². The van der Waals surface area contributed by atoms with E-state index in [9.17, 15) is 10.2 Å². The SMILES string of the molecule is CC1(C)OC[C@H]([C@@H]2OC[C@H](O)[C@H]2O)O1. The van der Waals surface area contributed by atoms with Crippen molar-refractivity contribution in [3.8, 4) is 0 Å². The molecular formula is C9H16O5. The highest BCUT2D eigenvalue weighted by Crippen LogP contribution is 2.29. The zero-order valence-corrected chi connectivity index (χ0v) is 8.34. The van der Waals surface area contributed by atoms with E-state index in [2.05, 4.69) is 0 Å². The van der Waals surface area contributed by atoms with E-state index in [4.69, 9.17) is 14.2 Å². The molecule has 0 bridgehead atoms. The molecular weight excluding hydrogens is 188 g/mol. The van der Waals surface area contributed by atoms with Crippen LogP contribution in [0.5, 0.6) is 0 Å². The molecule has 2 rings (SSSR count). The van der Waals surface area contributed by atoms with Crippen molar-refractivity contribution in [2.75, 3.05) is 13.2 Å². The highest BCUT2D eigenvalue weighted by molar-refractivity contribution is 4.91. The zero-order valence-electron chi connectivity index (χ0n) is 8.34. The molecule has 2 saturated heterocycles. The Bertz CT molecular complexity index is 217.